The van der Waals surface area contributed by atoms with Gasteiger partial charge in [-0.3, -0.25) is 14.4 Å². The van der Waals surface area contributed by atoms with Crippen molar-refractivity contribution in [3.05, 3.63) is 0 Å². The molecule has 0 aliphatic carbocycles. The minimum Gasteiger partial charge on any atom is -0.480 e. The largest absolute Gasteiger partial charge is 0.480 e. The lowest BCUT2D eigenvalue weighted by Crippen LogP contribution is -2.28. The van der Waals surface area contributed by atoms with Crippen LogP contribution in [0.2, 0.25) is 0 Å². The van der Waals surface area contributed by atoms with Gasteiger partial charge in [-0.2, -0.15) is 0 Å². The van der Waals surface area contributed by atoms with Crippen molar-refractivity contribution in [1.82, 2.24) is 5.32 Å². The maximum atomic E-state index is 12.8. The number of carboxylic acids is 1. The second-order valence-corrected chi connectivity index (χ2v) is 16.0. The van der Waals surface area contributed by atoms with Crippen LogP contribution in [0.25, 0.3) is 0 Å². The SMILES string of the molecule is CCCCCCCCCCCCCCCCCC(=O)OC(CCCCCCCCCCCCCCCCC)CCCCCCCC(=O)NCC(=O)O. The van der Waals surface area contributed by atoms with E-state index in [1.165, 1.54) is 173 Å². The monoisotopic (exact) mass is 736 g/mol. The van der Waals surface area contributed by atoms with Crippen LogP contribution in [0.15, 0.2) is 0 Å². The van der Waals surface area contributed by atoms with Crippen LogP contribution in [0, 0.1) is 0 Å². The molecule has 2 N–H and O–H groups in total. The van der Waals surface area contributed by atoms with E-state index < -0.39 is 5.97 Å². The summed E-state index contributed by atoms with van der Waals surface area (Å²) in [6.45, 7) is 4.26. The summed E-state index contributed by atoms with van der Waals surface area (Å²) in [5, 5.41) is 11.1. The van der Waals surface area contributed by atoms with Gasteiger partial charge in [-0.1, -0.05) is 213 Å². The van der Waals surface area contributed by atoms with E-state index in [0.717, 1.165) is 64.2 Å². The highest BCUT2D eigenvalue weighted by Gasteiger charge is 2.14. The molecule has 0 aromatic heterocycles. The lowest BCUT2D eigenvalue weighted by atomic mass is 10.0. The van der Waals surface area contributed by atoms with Gasteiger partial charge in [0.05, 0.1) is 0 Å². The molecule has 6 heteroatoms. The summed E-state index contributed by atoms with van der Waals surface area (Å²) in [5.41, 5.74) is 0. The van der Waals surface area contributed by atoms with Crippen LogP contribution in [0.5, 0.6) is 0 Å². The van der Waals surface area contributed by atoms with Gasteiger partial charge in [0, 0.05) is 12.8 Å². The lowest BCUT2D eigenvalue weighted by molar-refractivity contribution is -0.150. The van der Waals surface area contributed by atoms with E-state index in [2.05, 4.69) is 19.2 Å². The van der Waals surface area contributed by atoms with Gasteiger partial charge >= 0.3 is 11.9 Å². The molecule has 308 valence electrons. The van der Waals surface area contributed by atoms with Crippen molar-refractivity contribution in [3.63, 3.8) is 0 Å². The maximum absolute atomic E-state index is 12.8. The van der Waals surface area contributed by atoms with Crippen LogP contribution >= 0.6 is 0 Å². The number of carbonyl (C=O) groups excluding carboxylic acids is 2. The molecule has 1 atom stereocenters. The fraction of sp³-hybridized carbons (Fsp3) is 0.935. The second kappa shape index (κ2) is 42.2. The molecule has 1 amide bonds. The van der Waals surface area contributed by atoms with Gasteiger partial charge in [0.2, 0.25) is 5.91 Å². The van der Waals surface area contributed by atoms with E-state index in [1.54, 1.807) is 0 Å². The third-order valence-corrected chi connectivity index (χ3v) is 10.8. The number of carboxylic acid groups (broad SMARTS) is 1. The predicted molar refractivity (Wildman–Crippen MR) is 222 cm³/mol. The van der Waals surface area contributed by atoms with Crippen molar-refractivity contribution >= 4 is 17.8 Å². The predicted octanol–water partition coefficient (Wildman–Crippen LogP) is 14.4. The first kappa shape index (κ1) is 50.4. The first-order valence-corrected chi connectivity index (χ1v) is 23.2. The molecule has 0 spiro atoms. The molecule has 0 aliphatic rings. The van der Waals surface area contributed by atoms with Gasteiger partial charge in [-0.25, -0.2) is 0 Å². The number of aliphatic carboxylic acids is 1. The number of hydrogen-bond acceptors (Lipinski definition) is 4. The van der Waals surface area contributed by atoms with Crippen molar-refractivity contribution in [2.75, 3.05) is 6.54 Å². The van der Waals surface area contributed by atoms with Crippen LogP contribution in [-0.4, -0.2) is 35.6 Å². The Bertz CT molecular complexity index is 772. The van der Waals surface area contributed by atoms with Crippen molar-refractivity contribution in [2.45, 2.75) is 270 Å². The van der Waals surface area contributed by atoms with Crippen LogP contribution in [0.3, 0.4) is 0 Å². The Morgan fingerprint density at radius 1 is 0.423 bits per heavy atom. The first-order chi connectivity index (χ1) is 25.5. The molecule has 0 rings (SSSR count). The summed E-state index contributed by atoms with van der Waals surface area (Å²) in [6.07, 6.45) is 48.0. The summed E-state index contributed by atoms with van der Waals surface area (Å²) < 4.78 is 6.05. The molecule has 0 radical (unpaired) electrons. The molecule has 0 saturated heterocycles. The van der Waals surface area contributed by atoms with Crippen molar-refractivity contribution in [1.29, 1.82) is 0 Å². The van der Waals surface area contributed by atoms with E-state index in [0.29, 0.717) is 12.8 Å². The highest BCUT2D eigenvalue weighted by atomic mass is 16.5. The topological polar surface area (TPSA) is 92.7 Å². The van der Waals surface area contributed by atoms with Crippen LogP contribution in [0.1, 0.15) is 264 Å². The van der Waals surface area contributed by atoms with Crippen molar-refractivity contribution in [3.8, 4) is 0 Å². The quantitative estimate of drug-likeness (QED) is 0.0480. The minimum absolute atomic E-state index is 0.00646. The molecule has 0 fully saturated rings. The summed E-state index contributed by atoms with van der Waals surface area (Å²) in [6, 6.07) is 0. The minimum atomic E-state index is -1.01. The zero-order valence-corrected chi connectivity index (χ0v) is 34.9. The molecule has 6 nitrogen and oxygen atoms in total. The summed E-state index contributed by atoms with van der Waals surface area (Å²) in [7, 11) is 0. The number of amides is 1. The number of ether oxygens (including phenoxy) is 1. The number of carbonyl (C=O) groups is 3. The fourth-order valence-electron chi connectivity index (χ4n) is 7.34. The molecule has 52 heavy (non-hydrogen) atoms. The third kappa shape index (κ3) is 41.2. The van der Waals surface area contributed by atoms with E-state index in [9.17, 15) is 14.4 Å². The Balaban J connectivity index is 4.11. The molecule has 0 aromatic carbocycles. The molecular formula is C46H89NO5. The Kier molecular flexibility index (Phi) is 40.9. The number of esters is 1. The normalized spacial score (nSPS) is 11.9. The average Bonchev–Trinajstić information content (AvgIpc) is 3.13. The summed E-state index contributed by atoms with van der Waals surface area (Å²) in [4.78, 5) is 35.1. The Morgan fingerprint density at radius 2 is 0.712 bits per heavy atom. The number of rotatable bonds is 43. The van der Waals surface area contributed by atoms with E-state index in [1.807, 2.05) is 0 Å². The lowest BCUT2D eigenvalue weighted by Gasteiger charge is -2.18. The highest BCUT2D eigenvalue weighted by Crippen LogP contribution is 2.20. The van der Waals surface area contributed by atoms with Crippen LogP contribution in [0.4, 0.5) is 0 Å². The summed E-state index contributed by atoms with van der Waals surface area (Å²) >= 11 is 0. The number of hydrogen-bond donors (Lipinski definition) is 2. The molecule has 1 unspecified atom stereocenters. The smallest absolute Gasteiger partial charge is 0.322 e. The van der Waals surface area contributed by atoms with Gasteiger partial charge in [0.15, 0.2) is 0 Å². The summed E-state index contributed by atoms with van der Waals surface area (Å²) in [5.74, 6) is -1.21. The Labute approximate surface area is 323 Å². The van der Waals surface area contributed by atoms with Gasteiger partial charge in [0.25, 0.3) is 0 Å². The Morgan fingerprint density at radius 3 is 1.04 bits per heavy atom. The Hall–Kier alpha value is -1.59. The van der Waals surface area contributed by atoms with Crippen LogP contribution in [-0.2, 0) is 19.1 Å². The van der Waals surface area contributed by atoms with E-state index >= 15 is 0 Å². The average molecular weight is 736 g/mol. The van der Waals surface area contributed by atoms with Crippen molar-refractivity contribution < 1.29 is 24.2 Å². The molecule has 0 saturated carbocycles. The molecule has 0 heterocycles. The van der Waals surface area contributed by atoms with E-state index in [4.69, 9.17) is 9.84 Å². The number of unbranched alkanes of at least 4 members (excludes halogenated alkanes) is 32. The fourth-order valence-corrected chi connectivity index (χ4v) is 7.34. The van der Waals surface area contributed by atoms with Crippen LogP contribution < -0.4 is 5.32 Å². The van der Waals surface area contributed by atoms with Gasteiger partial charge in [-0.15, -0.1) is 0 Å². The second-order valence-electron chi connectivity index (χ2n) is 16.0. The molecule has 0 aromatic rings. The standard InChI is InChI=1S/C46H89NO5/c1-3-5-7-9-11-13-15-17-19-21-23-25-27-30-34-38-43(39-35-31-29-32-36-40-44(48)47-42-45(49)50)52-46(51)41-37-33-28-26-24-22-20-18-16-14-12-10-8-6-4-2/h43H,3-42H2,1-2H3,(H,47,48)(H,49,50). The molecule has 0 aliphatic heterocycles. The number of nitrogens with one attached hydrogen (secondary N) is 1. The van der Waals surface area contributed by atoms with E-state index in [-0.39, 0.29) is 24.5 Å². The molecular weight excluding hydrogens is 647 g/mol. The maximum Gasteiger partial charge on any atom is 0.322 e. The third-order valence-electron chi connectivity index (χ3n) is 10.8. The van der Waals surface area contributed by atoms with Gasteiger partial charge in [-0.05, 0) is 38.5 Å². The zero-order valence-electron chi connectivity index (χ0n) is 34.9. The molecule has 0 bridgehead atoms. The van der Waals surface area contributed by atoms with Gasteiger partial charge in [0.1, 0.15) is 12.6 Å². The van der Waals surface area contributed by atoms with Crippen molar-refractivity contribution in [2.24, 2.45) is 0 Å². The van der Waals surface area contributed by atoms with Gasteiger partial charge < -0.3 is 15.2 Å². The highest BCUT2D eigenvalue weighted by molar-refractivity contribution is 5.80. The zero-order chi connectivity index (χ0) is 38.0. The first-order valence-electron chi connectivity index (χ1n) is 23.2.